The summed E-state index contributed by atoms with van der Waals surface area (Å²) in [5.41, 5.74) is 0.701. The maximum absolute atomic E-state index is 12.6. The summed E-state index contributed by atoms with van der Waals surface area (Å²) < 4.78 is 32.2. The number of nitrogens with zero attached hydrogens (tertiary/aromatic N) is 1. The van der Waals surface area contributed by atoms with E-state index in [1.807, 2.05) is 6.92 Å². The minimum atomic E-state index is -3.44. The molecule has 1 aromatic carbocycles. The number of piperidine rings is 1. The Hall–Kier alpha value is -1.60. The zero-order valence-corrected chi connectivity index (χ0v) is 14.5. The van der Waals surface area contributed by atoms with Gasteiger partial charge < -0.3 is 10.1 Å². The molecule has 1 aliphatic rings. The summed E-state index contributed by atoms with van der Waals surface area (Å²) in [6.07, 6.45) is 2.90. The number of rotatable bonds is 6. The van der Waals surface area contributed by atoms with E-state index in [1.165, 1.54) is 0 Å². The second kappa shape index (κ2) is 7.79. The summed E-state index contributed by atoms with van der Waals surface area (Å²) in [5, 5.41) is 2.65. The lowest BCUT2D eigenvalue weighted by atomic mass is 10.2. The van der Waals surface area contributed by atoms with Gasteiger partial charge in [0.05, 0.1) is 4.90 Å². The van der Waals surface area contributed by atoms with Gasteiger partial charge >= 0.3 is 0 Å². The van der Waals surface area contributed by atoms with Crippen molar-refractivity contribution in [2.24, 2.45) is 0 Å². The number of ether oxygens (including phenoxy) is 1. The number of hydrogen-bond acceptors (Lipinski definition) is 4. The lowest BCUT2D eigenvalue weighted by Gasteiger charge is -2.26. The smallest absolute Gasteiger partial charge is 0.257 e. The topological polar surface area (TPSA) is 75.7 Å². The molecule has 1 amide bonds. The first-order valence-electron chi connectivity index (χ1n) is 7.95. The molecule has 1 N–H and O–H groups in total. The lowest BCUT2D eigenvalue weighted by molar-refractivity contribution is -0.122. The molecule has 1 aromatic rings. The van der Waals surface area contributed by atoms with Crippen molar-refractivity contribution >= 4 is 15.9 Å². The number of carbonyl (C=O) groups is 1. The van der Waals surface area contributed by atoms with Gasteiger partial charge in [-0.05, 0) is 50.5 Å². The number of benzene rings is 1. The van der Waals surface area contributed by atoms with Gasteiger partial charge in [-0.15, -0.1) is 0 Å². The summed E-state index contributed by atoms with van der Waals surface area (Å²) in [7, 11) is -3.44. The van der Waals surface area contributed by atoms with E-state index in [2.05, 4.69) is 5.32 Å². The van der Waals surface area contributed by atoms with E-state index in [0.717, 1.165) is 19.3 Å². The molecule has 0 saturated carbocycles. The van der Waals surface area contributed by atoms with Gasteiger partial charge in [0, 0.05) is 19.6 Å². The van der Waals surface area contributed by atoms with Crippen molar-refractivity contribution in [3.8, 4) is 5.75 Å². The quantitative estimate of drug-likeness (QED) is 0.855. The summed E-state index contributed by atoms with van der Waals surface area (Å²) in [6.45, 7) is 5.25. The van der Waals surface area contributed by atoms with Crippen LogP contribution in [0.4, 0.5) is 0 Å². The Labute approximate surface area is 137 Å². The summed E-state index contributed by atoms with van der Waals surface area (Å²) in [6, 6.07) is 4.77. The van der Waals surface area contributed by atoms with Crippen LogP contribution in [0.2, 0.25) is 0 Å². The third-order valence-electron chi connectivity index (χ3n) is 3.83. The molecule has 128 valence electrons. The highest BCUT2D eigenvalue weighted by atomic mass is 32.2. The Bertz CT molecular complexity index is 652. The largest absolute Gasteiger partial charge is 0.484 e. The van der Waals surface area contributed by atoms with Crippen LogP contribution >= 0.6 is 0 Å². The molecular formula is C16H24N2O4S. The molecule has 1 aliphatic heterocycles. The number of carbonyl (C=O) groups excluding carboxylic acids is 1. The van der Waals surface area contributed by atoms with Crippen LogP contribution in [0.25, 0.3) is 0 Å². The van der Waals surface area contributed by atoms with Gasteiger partial charge in [0.2, 0.25) is 10.0 Å². The van der Waals surface area contributed by atoms with E-state index in [1.54, 1.807) is 29.4 Å². The Kier molecular flexibility index (Phi) is 6.01. The first-order chi connectivity index (χ1) is 10.9. The Balaban J connectivity index is 2.10. The minimum absolute atomic E-state index is 0.0765. The molecule has 1 fully saturated rings. The Morgan fingerprint density at radius 3 is 2.57 bits per heavy atom. The van der Waals surface area contributed by atoms with Crippen LogP contribution in [0.1, 0.15) is 31.7 Å². The maximum Gasteiger partial charge on any atom is 0.257 e. The first-order valence-corrected chi connectivity index (χ1v) is 9.39. The number of likely N-dealkylation sites (N-methyl/N-ethyl adjacent to an activating group) is 1. The van der Waals surface area contributed by atoms with E-state index in [0.29, 0.717) is 30.9 Å². The third kappa shape index (κ3) is 4.45. The Morgan fingerprint density at radius 1 is 1.26 bits per heavy atom. The van der Waals surface area contributed by atoms with Crippen molar-refractivity contribution < 1.29 is 17.9 Å². The minimum Gasteiger partial charge on any atom is -0.484 e. The molecule has 7 heteroatoms. The van der Waals surface area contributed by atoms with Gasteiger partial charge in [0.15, 0.2) is 6.61 Å². The molecule has 0 aromatic heterocycles. The lowest BCUT2D eigenvalue weighted by Crippen LogP contribution is -2.35. The molecule has 0 unspecified atom stereocenters. The van der Waals surface area contributed by atoms with Gasteiger partial charge in [0.25, 0.3) is 5.91 Å². The Morgan fingerprint density at radius 2 is 1.96 bits per heavy atom. The standard InChI is InChI=1S/C16H24N2O4S/c1-3-17-16(19)12-22-15-8-7-14(11-13(15)2)23(20,21)18-9-5-4-6-10-18/h7-8,11H,3-6,9-10,12H2,1-2H3,(H,17,19). The SMILES string of the molecule is CCNC(=O)COc1ccc(S(=O)(=O)N2CCCCC2)cc1C. The van der Waals surface area contributed by atoms with Crippen molar-refractivity contribution in [2.75, 3.05) is 26.2 Å². The summed E-state index contributed by atoms with van der Waals surface area (Å²) in [5.74, 6) is 0.325. The van der Waals surface area contributed by atoms with Crippen molar-refractivity contribution in [1.82, 2.24) is 9.62 Å². The number of nitrogens with one attached hydrogen (secondary N) is 1. The van der Waals surface area contributed by atoms with Gasteiger partial charge in [0.1, 0.15) is 5.75 Å². The highest BCUT2D eigenvalue weighted by Gasteiger charge is 2.26. The summed E-state index contributed by atoms with van der Waals surface area (Å²) in [4.78, 5) is 11.7. The monoisotopic (exact) mass is 340 g/mol. The second-order valence-corrected chi connectivity index (χ2v) is 7.57. The molecular weight excluding hydrogens is 316 g/mol. The van der Waals surface area contributed by atoms with E-state index in [-0.39, 0.29) is 17.4 Å². The highest BCUT2D eigenvalue weighted by Crippen LogP contribution is 2.25. The molecule has 0 bridgehead atoms. The normalized spacial score (nSPS) is 16.1. The fourth-order valence-corrected chi connectivity index (χ4v) is 4.19. The zero-order valence-electron chi connectivity index (χ0n) is 13.7. The summed E-state index contributed by atoms with van der Waals surface area (Å²) >= 11 is 0. The number of amides is 1. The van der Waals surface area contributed by atoms with Crippen LogP contribution in [-0.4, -0.2) is 44.9 Å². The first kappa shape index (κ1) is 17.7. The predicted molar refractivity (Wildman–Crippen MR) is 88.0 cm³/mol. The fourth-order valence-electron chi connectivity index (χ4n) is 2.59. The molecule has 23 heavy (non-hydrogen) atoms. The van der Waals surface area contributed by atoms with E-state index in [9.17, 15) is 13.2 Å². The predicted octanol–water partition coefficient (Wildman–Crippen LogP) is 1.68. The number of hydrogen-bond donors (Lipinski definition) is 1. The molecule has 1 saturated heterocycles. The van der Waals surface area contributed by atoms with E-state index in [4.69, 9.17) is 4.74 Å². The van der Waals surface area contributed by atoms with Crippen LogP contribution in [0.5, 0.6) is 5.75 Å². The van der Waals surface area contributed by atoms with E-state index >= 15 is 0 Å². The highest BCUT2D eigenvalue weighted by molar-refractivity contribution is 7.89. The molecule has 0 aliphatic carbocycles. The van der Waals surface area contributed by atoms with Crippen LogP contribution in [0.15, 0.2) is 23.1 Å². The molecule has 1 heterocycles. The average Bonchev–Trinajstić information content (AvgIpc) is 2.54. The third-order valence-corrected chi connectivity index (χ3v) is 5.73. The van der Waals surface area contributed by atoms with Crippen LogP contribution in [0, 0.1) is 6.92 Å². The van der Waals surface area contributed by atoms with Crippen LogP contribution in [0.3, 0.4) is 0 Å². The number of aryl methyl sites for hydroxylation is 1. The molecule has 0 spiro atoms. The van der Waals surface area contributed by atoms with Gasteiger partial charge in [-0.3, -0.25) is 4.79 Å². The molecule has 6 nitrogen and oxygen atoms in total. The van der Waals surface area contributed by atoms with E-state index < -0.39 is 10.0 Å². The van der Waals surface area contributed by atoms with Gasteiger partial charge in [-0.25, -0.2) is 8.42 Å². The maximum atomic E-state index is 12.6. The van der Waals surface area contributed by atoms with Crippen LogP contribution < -0.4 is 10.1 Å². The molecule has 0 radical (unpaired) electrons. The van der Waals surface area contributed by atoms with Crippen molar-refractivity contribution in [2.45, 2.75) is 38.0 Å². The average molecular weight is 340 g/mol. The molecule has 2 rings (SSSR count). The van der Waals surface area contributed by atoms with Crippen molar-refractivity contribution in [3.63, 3.8) is 0 Å². The van der Waals surface area contributed by atoms with Crippen molar-refractivity contribution in [1.29, 1.82) is 0 Å². The fraction of sp³-hybridized carbons (Fsp3) is 0.562. The van der Waals surface area contributed by atoms with Crippen molar-refractivity contribution in [3.05, 3.63) is 23.8 Å². The zero-order chi connectivity index (χ0) is 16.9. The number of sulfonamides is 1. The van der Waals surface area contributed by atoms with Gasteiger partial charge in [-0.2, -0.15) is 4.31 Å². The van der Waals surface area contributed by atoms with Gasteiger partial charge in [-0.1, -0.05) is 6.42 Å². The molecule has 0 atom stereocenters. The van der Waals surface area contributed by atoms with Crippen LogP contribution in [-0.2, 0) is 14.8 Å². The second-order valence-electron chi connectivity index (χ2n) is 5.63.